The Morgan fingerprint density at radius 1 is 1.03 bits per heavy atom. The van der Waals surface area contributed by atoms with Crippen molar-refractivity contribution < 1.29 is 18.7 Å². The summed E-state index contributed by atoms with van der Waals surface area (Å²) in [5, 5.41) is 7.72. The third kappa shape index (κ3) is 3.62. The Hall–Kier alpha value is -4.07. The number of nitrogens with zero attached hydrogens (tertiary/aromatic N) is 3. The number of amides is 1. The molecule has 1 amide bonds. The quantitative estimate of drug-likeness (QED) is 0.509. The zero-order valence-electron chi connectivity index (χ0n) is 16.0. The number of carbonyl (C=O) groups is 2. The van der Waals surface area contributed by atoms with Crippen molar-refractivity contribution in [3.05, 3.63) is 83.8 Å². The number of para-hydroxylation sites is 1. The van der Waals surface area contributed by atoms with Crippen molar-refractivity contribution in [2.45, 2.75) is 6.92 Å². The van der Waals surface area contributed by atoms with Gasteiger partial charge in [-0.3, -0.25) is 4.79 Å². The molecule has 0 saturated heterocycles. The molecule has 2 aromatic carbocycles. The highest BCUT2D eigenvalue weighted by Crippen LogP contribution is 2.23. The largest absolute Gasteiger partial charge is 0.462 e. The van der Waals surface area contributed by atoms with E-state index in [1.807, 2.05) is 30.3 Å². The van der Waals surface area contributed by atoms with E-state index in [1.165, 1.54) is 29.1 Å². The normalized spacial score (nSPS) is 10.7. The van der Waals surface area contributed by atoms with Gasteiger partial charge in [0.15, 0.2) is 11.6 Å². The third-order valence-electron chi connectivity index (χ3n) is 4.42. The molecule has 7 nitrogen and oxygen atoms in total. The summed E-state index contributed by atoms with van der Waals surface area (Å²) in [5.74, 6) is -1.63. The van der Waals surface area contributed by atoms with E-state index in [2.05, 4.69) is 15.4 Å². The highest BCUT2D eigenvalue weighted by molar-refractivity contribution is 6.07. The fourth-order valence-corrected chi connectivity index (χ4v) is 2.99. The molecule has 0 aliphatic rings. The molecule has 0 atom stereocenters. The Kier molecular flexibility index (Phi) is 5.21. The molecule has 0 spiro atoms. The number of benzene rings is 2. The van der Waals surface area contributed by atoms with E-state index in [9.17, 15) is 14.0 Å². The van der Waals surface area contributed by atoms with Crippen LogP contribution in [0.1, 0.15) is 27.6 Å². The average Bonchev–Trinajstić information content (AvgIpc) is 3.17. The minimum absolute atomic E-state index is 0.0384. The van der Waals surface area contributed by atoms with E-state index < -0.39 is 17.7 Å². The van der Waals surface area contributed by atoms with Crippen LogP contribution >= 0.6 is 0 Å². The zero-order chi connectivity index (χ0) is 21.1. The SMILES string of the molecule is CCOC(=O)c1cnn(-c2ccc3ccccc3n2)c1NC(=O)c1ccccc1F. The third-order valence-corrected chi connectivity index (χ3v) is 4.42. The maximum Gasteiger partial charge on any atom is 0.343 e. The van der Waals surface area contributed by atoms with Crippen LogP contribution in [-0.2, 0) is 4.74 Å². The predicted molar refractivity (Wildman–Crippen MR) is 109 cm³/mol. The molecule has 8 heteroatoms. The molecule has 0 aliphatic carbocycles. The molecule has 0 bridgehead atoms. The summed E-state index contributed by atoms with van der Waals surface area (Å²) in [6.45, 7) is 1.82. The van der Waals surface area contributed by atoms with Crippen LogP contribution in [0.4, 0.5) is 10.2 Å². The van der Waals surface area contributed by atoms with E-state index in [0.717, 1.165) is 10.9 Å². The van der Waals surface area contributed by atoms with Gasteiger partial charge in [-0.25, -0.2) is 14.2 Å². The van der Waals surface area contributed by atoms with Crippen molar-refractivity contribution in [2.24, 2.45) is 0 Å². The van der Waals surface area contributed by atoms with Crippen LogP contribution in [0.15, 0.2) is 66.9 Å². The molecule has 0 fully saturated rings. The zero-order valence-corrected chi connectivity index (χ0v) is 16.0. The number of aromatic nitrogens is 3. The summed E-state index contributed by atoms with van der Waals surface area (Å²) in [6.07, 6.45) is 1.28. The van der Waals surface area contributed by atoms with Gasteiger partial charge < -0.3 is 10.1 Å². The lowest BCUT2D eigenvalue weighted by atomic mass is 10.2. The topological polar surface area (TPSA) is 86.1 Å². The van der Waals surface area contributed by atoms with Gasteiger partial charge in [-0.15, -0.1) is 0 Å². The monoisotopic (exact) mass is 404 g/mol. The summed E-state index contributed by atoms with van der Waals surface area (Å²) in [5.41, 5.74) is 0.595. The molecular formula is C22H17FN4O3. The number of pyridine rings is 1. The van der Waals surface area contributed by atoms with Crippen LogP contribution < -0.4 is 5.32 Å². The molecule has 1 N–H and O–H groups in total. The van der Waals surface area contributed by atoms with Crippen molar-refractivity contribution >= 4 is 28.6 Å². The van der Waals surface area contributed by atoms with E-state index in [-0.39, 0.29) is 23.6 Å². The summed E-state index contributed by atoms with van der Waals surface area (Å²) >= 11 is 0. The number of halogens is 1. The number of fused-ring (bicyclic) bond motifs is 1. The maximum atomic E-state index is 14.1. The van der Waals surface area contributed by atoms with Crippen molar-refractivity contribution in [3.8, 4) is 5.82 Å². The number of hydrogen-bond acceptors (Lipinski definition) is 5. The second-order valence-electron chi connectivity index (χ2n) is 6.34. The van der Waals surface area contributed by atoms with Gasteiger partial charge >= 0.3 is 5.97 Å². The molecule has 0 aliphatic heterocycles. The highest BCUT2D eigenvalue weighted by atomic mass is 19.1. The lowest BCUT2D eigenvalue weighted by Gasteiger charge is -2.11. The molecule has 30 heavy (non-hydrogen) atoms. The summed E-state index contributed by atoms with van der Waals surface area (Å²) in [7, 11) is 0. The first-order valence-corrected chi connectivity index (χ1v) is 9.25. The fraction of sp³-hybridized carbons (Fsp3) is 0.0909. The molecule has 4 rings (SSSR count). The van der Waals surface area contributed by atoms with Crippen LogP contribution in [0.25, 0.3) is 16.7 Å². The summed E-state index contributed by atoms with van der Waals surface area (Å²) in [4.78, 5) is 29.6. The Morgan fingerprint density at radius 3 is 2.60 bits per heavy atom. The molecule has 0 unspecified atom stereocenters. The second kappa shape index (κ2) is 8.12. The van der Waals surface area contributed by atoms with Crippen LogP contribution in [0.2, 0.25) is 0 Å². The second-order valence-corrected chi connectivity index (χ2v) is 6.34. The van der Waals surface area contributed by atoms with Gasteiger partial charge in [-0.2, -0.15) is 9.78 Å². The number of hydrogen-bond donors (Lipinski definition) is 1. The Bertz CT molecular complexity index is 1250. The smallest absolute Gasteiger partial charge is 0.343 e. The minimum Gasteiger partial charge on any atom is -0.462 e. The van der Waals surface area contributed by atoms with E-state index in [4.69, 9.17) is 4.74 Å². The van der Waals surface area contributed by atoms with Crippen molar-refractivity contribution in [2.75, 3.05) is 11.9 Å². The summed E-state index contributed by atoms with van der Waals surface area (Å²) in [6, 6.07) is 16.6. The Labute approximate surface area is 171 Å². The number of nitrogens with one attached hydrogen (secondary N) is 1. The highest BCUT2D eigenvalue weighted by Gasteiger charge is 2.23. The first-order chi connectivity index (χ1) is 14.6. The Balaban J connectivity index is 1.79. The van der Waals surface area contributed by atoms with Crippen LogP contribution in [0, 0.1) is 5.82 Å². The fourth-order valence-electron chi connectivity index (χ4n) is 2.99. The first-order valence-electron chi connectivity index (χ1n) is 9.25. The number of anilines is 1. The van der Waals surface area contributed by atoms with Crippen LogP contribution in [0.3, 0.4) is 0 Å². The lowest BCUT2D eigenvalue weighted by molar-refractivity contribution is 0.0527. The molecule has 150 valence electrons. The predicted octanol–water partition coefficient (Wildman–Crippen LogP) is 3.99. The molecule has 0 saturated carbocycles. The van der Waals surface area contributed by atoms with E-state index in [0.29, 0.717) is 5.82 Å². The lowest BCUT2D eigenvalue weighted by Crippen LogP contribution is -2.19. The van der Waals surface area contributed by atoms with Crippen LogP contribution in [0.5, 0.6) is 0 Å². The van der Waals surface area contributed by atoms with E-state index >= 15 is 0 Å². The maximum absolute atomic E-state index is 14.1. The molecule has 4 aromatic rings. The number of carbonyl (C=O) groups excluding carboxylic acids is 2. The Morgan fingerprint density at radius 2 is 1.80 bits per heavy atom. The van der Waals surface area contributed by atoms with Gasteiger partial charge in [0.25, 0.3) is 5.91 Å². The first kappa shape index (κ1) is 19.3. The van der Waals surface area contributed by atoms with E-state index in [1.54, 1.807) is 19.1 Å². The van der Waals surface area contributed by atoms with Crippen molar-refractivity contribution in [3.63, 3.8) is 0 Å². The van der Waals surface area contributed by atoms with Gasteiger partial charge in [0.05, 0.1) is 23.9 Å². The van der Waals surface area contributed by atoms with Crippen LogP contribution in [-0.4, -0.2) is 33.2 Å². The number of ether oxygens (including phenoxy) is 1. The van der Waals surface area contributed by atoms with Gasteiger partial charge in [-0.05, 0) is 37.3 Å². The van der Waals surface area contributed by atoms with Gasteiger partial charge in [0, 0.05) is 5.39 Å². The standard InChI is InChI=1S/C22H17FN4O3/c1-2-30-22(29)16-13-24-27(19-12-11-14-7-3-6-10-18(14)25-19)20(16)26-21(28)15-8-4-5-9-17(15)23/h3-13H,2H2,1H3,(H,26,28). The van der Waals surface area contributed by atoms with Crippen molar-refractivity contribution in [1.82, 2.24) is 14.8 Å². The van der Waals surface area contributed by atoms with Gasteiger partial charge in [0.2, 0.25) is 0 Å². The molecule has 2 heterocycles. The van der Waals surface area contributed by atoms with Gasteiger partial charge in [0.1, 0.15) is 11.4 Å². The molecule has 2 aromatic heterocycles. The number of esters is 1. The average molecular weight is 404 g/mol. The van der Waals surface area contributed by atoms with Crippen molar-refractivity contribution in [1.29, 1.82) is 0 Å². The molecular weight excluding hydrogens is 387 g/mol. The number of rotatable bonds is 5. The molecule has 0 radical (unpaired) electrons. The summed E-state index contributed by atoms with van der Waals surface area (Å²) < 4.78 is 20.4. The minimum atomic E-state index is -0.721. The van der Waals surface area contributed by atoms with Gasteiger partial charge in [-0.1, -0.05) is 30.3 Å².